The zero-order valence-corrected chi connectivity index (χ0v) is 14.5. The molecule has 0 radical (unpaired) electrons. The Morgan fingerprint density at radius 2 is 1.83 bits per heavy atom. The molecule has 0 bridgehead atoms. The third kappa shape index (κ3) is 1.81. The Morgan fingerprint density at radius 1 is 1.12 bits per heavy atom. The van der Waals surface area contributed by atoms with Crippen molar-refractivity contribution in [1.82, 2.24) is 0 Å². The Kier molecular flexibility index (Phi) is 3.40. The van der Waals surface area contributed by atoms with Crippen LogP contribution in [-0.2, 0) is 9.59 Å². The molecular weight excluding hydrogens is 308 g/mol. The summed E-state index contributed by atoms with van der Waals surface area (Å²) in [4.78, 5) is 24.4. The number of Topliss-reactive ketones (excluding diaryl/α,β-unsaturated/α-hetero) is 2. The number of carbonyl (C=O) groups is 2. The molecule has 5 heteroatoms. The summed E-state index contributed by atoms with van der Waals surface area (Å²) in [6.07, 6.45) is 1.44. The van der Waals surface area contributed by atoms with E-state index in [4.69, 9.17) is 0 Å². The molecule has 0 aromatic rings. The van der Waals surface area contributed by atoms with Gasteiger partial charge in [0, 0.05) is 30.1 Å². The van der Waals surface area contributed by atoms with Gasteiger partial charge in [-0.05, 0) is 43.4 Å². The third-order valence-electron chi connectivity index (χ3n) is 8.35. The first-order chi connectivity index (χ1) is 11.1. The van der Waals surface area contributed by atoms with Crippen LogP contribution in [0.3, 0.4) is 0 Å². The Balaban J connectivity index is 1.78. The Morgan fingerprint density at radius 3 is 2.54 bits per heavy atom. The topological polar surface area (TPSA) is 94.8 Å². The van der Waals surface area contributed by atoms with Gasteiger partial charge in [-0.25, -0.2) is 0 Å². The number of aliphatic hydroxyl groups is 3. The first kappa shape index (κ1) is 16.7. The molecule has 0 aromatic heterocycles. The Bertz CT molecular complexity index is 603. The average Bonchev–Trinajstić information content (AvgIpc) is 2.76. The summed E-state index contributed by atoms with van der Waals surface area (Å²) in [5, 5.41) is 33.0. The smallest absolute Gasteiger partial charge is 0.139 e. The second-order valence-corrected chi connectivity index (χ2v) is 9.24. The number of rotatable bonds is 0. The summed E-state index contributed by atoms with van der Waals surface area (Å²) in [5.41, 5.74) is -2.61. The lowest BCUT2D eigenvalue weighted by atomic mass is 9.42. The monoisotopic (exact) mass is 336 g/mol. The van der Waals surface area contributed by atoms with Crippen molar-refractivity contribution in [3.05, 3.63) is 0 Å². The van der Waals surface area contributed by atoms with Crippen molar-refractivity contribution < 1.29 is 24.9 Å². The van der Waals surface area contributed by atoms with Crippen molar-refractivity contribution in [3.63, 3.8) is 0 Å². The summed E-state index contributed by atoms with van der Waals surface area (Å²) in [6, 6.07) is 0. The van der Waals surface area contributed by atoms with Gasteiger partial charge in [-0.15, -0.1) is 0 Å². The van der Waals surface area contributed by atoms with Crippen molar-refractivity contribution in [2.24, 2.45) is 28.6 Å². The van der Waals surface area contributed by atoms with Gasteiger partial charge in [0.2, 0.25) is 0 Å². The molecule has 5 nitrogen and oxygen atoms in total. The second kappa shape index (κ2) is 4.89. The van der Waals surface area contributed by atoms with E-state index in [0.29, 0.717) is 25.7 Å². The minimum Gasteiger partial charge on any atom is -0.393 e. The fourth-order valence-corrected chi connectivity index (χ4v) is 6.99. The molecule has 4 aliphatic rings. The van der Waals surface area contributed by atoms with Crippen molar-refractivity contribution in [2.75, 3.05) is 0 Å². The van der Waals surface area contributed by atoms with Crippen molar-refractivity contribution in [2.45, 2.75) is 76.6 Å². The highest BCUT2D eigenvalue weighted by Crippen LogP contribution is 2.66. The van der Waals surface area contributed by atoms with Crippen molar-refractivity contribution in [3.8, 4) is 0 Å². The first-order valence-electron chi connectivity index (χ1n) is 9.27. The van der Waals surface area contributed by atoms with Gasteiger partial charge in [-0.1, -0.05) is 13.8 Å². The molecule has 4 aliphatic carbocycles. The SMILES string of the molecule is C[C@]12CC(O)[C@H]3[C@@H](CCC4(O)CC(=O)CC(O)[C@]34C)[C@@H]1CCC2=O. The number of carbonyl (C=O) groups excluding carboxylic acids is 2. The largest absolute Gasteiger partial charge is 0.393 e. The van der Waals surface area contributed by atoms with Crippen LogP contribution in [0.25, 0.3) is 0 Å². The van der Waals surface area contributed by atoms with E-state index in [9.17, 15) is 24.9 Å². The number of aliphatic hydroxyl groups excluding tert-OH is 2. The van der Waals surface area contributed by atoms with Crippen molar-refractivity contribution in [1.29, 1.82) is 0 Å². The van der Waals surface area contributed by atoms with Crippen LogP contribution in [0.5, 0.6) is 0 Å². The number of hydrogen-bond donors (Lipinski definition) is 3. The number of ketones is 2. The van der Waals surface area contributed by atoms with Crippen LogP contribution in [0, 0.1) is 28.6 Å². The van der Waals surface area contributed by atoms with E-state index in [1.807, 2.05) is 13.8 Å². The van der Waals surface area contributed by atoms with Crippen molar-refractivity contribution >= 4 is 11.6 Å². The van der Waals surface area contributed by atoms with Crippen LogP contribution in [0.4, 0.5) is 0 Å². The quantitative estimate of drug-likeness (QED) is 0.618. The fourth-order valence-electron chi connectivity index (χ4n) is 6.99. The van der Waals surface area contributed by atoms with E-state index in [-0.39, 0.29) is 42.2 Å². The molecule has 0 saturated heterocycles. The van der Waals surface area contributed by atoms with Gasteiger partial charge in [-0.2, -0.15) is 0 Å². The van der Waals surface area contributed by atoms with Gasteiger partial charge < -0.3 is 15.3 Å². The van der Waals surface area contributed by atoms with Gasteiger partial charge in [-0.3, -0.25) is 9.59 Å². The Hall–Kier alpha value is -0.780. The van der Waals surface area contributed by atoms with Crippen LogP contribution in [0.2, 0.25) is 0 Å². The lowest BCUT2D eigenvalue weighted by Gasteiger charge is -2.64. The zero-order valence-electron chi connectivity index (χ0n) is 14.5. The predicted octanol–water partition coefficient (Wildman–Crippen LogP) is 1.22. The van der Waals surface area contributed by atoms with Crippen LogP contribution in [0.15, 0.2) is 0 Å². The first-order valence-corrected chi connectivity index (χ1v) is 9.27. The van der Waals surface area contributed by atoms with E-state index in [0.717, 1.165) is 6.42 Å². The van der Waals surface area contributed by atoms with Gasteiger partial charge in [0.15, 0.2) is 0 Å². The van der Waals surface area contributed by atoms with E-state index >= 15 is 0 Å². The third-order valence-corrected chi connectivity index (χ3v) is 8.35. The maximum absolute atomic E-state index is 12.4. The summed E-state index contributed by atoms with van der Waals surface area (Å²) in [6.45, 7) is 3.83. The van der Waals surface area contributed by atoms with Crippen LogP contribution < -0.4 is 0 Å². The molecule has 24 heavy (non-hydrogen) atoms. The molecular formula is C19H28O5. The molecule has 0 heterocycles. The molecule has 4 fully saturated rings. The lowest BCUT2D eigenvalue weighted by molar-refractivity contribution is -0.257. The molecule has 4 rings (SSSR count). The normalized spacial score (nSPS) is 57.3. The molecule has 134 valence electrons. The van der Waals surface area contributed by atoms with Gasteiger partial charge in [0.05, 0.1) is 17.8 Å². The molecule has 0 spiro atoms. The molecule has 3 N–H and O–H groups in total. The molecule has 0 aliphatic heterocycles. The zero-order chi connectivity index (χ0) is 17.5. The second-order valence-electron chi connectivity index (χ2n) is 9.24. The van der Waals surface area contributed by atoms with E-state index < -0.39 is 28.6 Å². The highest BCUT2D eigenvalue weighted by molar-refractivity contribution is 5.87. The van der Waals surface area contributed by atoms with Crippen LogP contribution in [0.1, 0.15) is 58.8 Å². The average molecular weight is 336 g/mol. The highest BCUT2D eigenvalue weighted by Gasteiger charge is 2.69. The Labute approximate surface area is 142 Å². The molecule has 8 atom stereocenters. The fraction of sp³-hybridized carbons (Fsp3) is 0.895. The van der Waals surface area contributed by atoms with Gasteiger partial charge in [0.25, 0.3) is 0 Å². The van der Waals surface area contributed by atoms with E-state index in [2.05, 4.69) is 0 Å². The minimum absolute atomic E-state index is 0.0512. The molecule has 3 unspecified atom stereocenters. The maximum atomic E-state index is 12.4. The van der Waals surface area contributed by atoms with Crippen LogP contribution in [-0.4, -0.2) is 44.7 Å². The molecule has 4 saturated carbocycles. The summed E-state index contributed by atoms with van der Waals surface area (Å²) >= 11 is 0. The summed E-state index contributed by atoms with van der Waals surface area (Å²) < 4.78 is 0. The highest BCUT2D eigenvalue weighted by atomic mass is 16.3. The van der Waals surface area contributed by atoms with E-state index in [1.165, 1.54) is 0 Å². The van der Waals surface area contributed by atoms with Gasteiger partial charge >= 0.3 is 0 Å². The predicted molar refractivity (Wildman–Crippen MR) is 86.0 cm³/mol. The summed E-state index contributed by atoms with van der Waals surface area (Å²) in [5.74, 6) is 0.216. The number of fused-ring (bicyclic) bond motifs is 5. The maximum Gasteiger partial charge on any atom is 0.139 e. The molecule has 0 amide bonds. The van der Waals surface area contributed by atoms with E-state index in [1.54, 1.807) is 0 Å². The minimum atomic E-state index is -1.25. The number of hydrogen-bond acceptors (Lipinski definition) is 5. The molecule has 0 aromatic carbocycles. The standard InChI is InChI=1S/C19H28O5/c1-17-9-13(21)16-11(12(17)3-4-14(17)22)5-6-19(24)8-10(20)7-15(23)18(16,19)2/h11-13,15-16,21,23-24H,3-9H2,1-2H3/t11-,12-,13?,15?,16+,17-,18+,19?/m0/s1. The van der Waals surface area contributed by atoms with Gasteiger partial charge in [0.1, 0.15) is 11.6 Å². The lowest BCUT2D eigenvalue weighted by Crippen LogP contribution is -2.70. The van der Waals surface area contributed by atoms with Crippen LogP contribution >= 0.6 is 0 Å². The summed E-state index contributed by atoms with van der Waals surface area (Å²) in [7, 11) is 0.